The second kappa shape index (κ2) is 6.72. The number of aromatic nitrogens is 2. The minimum atomic E-state index is -0.445. The zero-order chi connectivity index (χ0) is 18.3. The van der Waals surface area contributed by atoms with Crippen LogP contribution in [0.1, 0.15) is 41.7 Å². The first-order chi connectivity index (χ1) is 12.5. The summed E-state index contributed by atoms with van der Waals surface area (Å²) in [5, 5.41) is 0. The van der Waals surface area contributed by atoms with E-state index in [9.17, 15) is 9.59 Å². The van der Waals surface area contributed by atoms with Gasteiger partial charge in [-0.15, -0.1) is 0 Å². The van der Waals surface area contributed by atoms with Crippen molar-refractivity contribution >= 4 is 17.3 Å². The summed E-state index contributed by atoms with van der Waals surface area (Å²) in [5.74, 6) is -0.00893. The number of imidazole rings is 1. The zero-order valence-corrected chi connectivity index (χ0v) is 14.9. The van der Waals surface area contributed by atoms with Crippen LogP contribution in [-0.2, 0) is 9.53 Å². The van der Waals surface area contributed by atoms with E-state index >= 15 is 0 Å². The molecule has 0 unspecified atom stereocenters. The molecular weight excluding hydrogens is 332 g/mol. The Morgan fingerprint density at radius 2 is 2.00 bits per heavy atom. The van der Waals surface area contributed by atoms with Crippen LogP contribution in [0.2, 0.25) is 0 Å². The topological polar surface area (TPSA) is 89.9 Å². The summed E-state index contributed by atoms with van der Waals surface area (Å²) < 4.78 is 7.69. The molecule has 2 saturated heterocycles. The van der Waals surface area contributed by atoms with Crippen molar-refractivity contribution in [1.82, 2.24) is 14.3 Å². The summed E-state index contributed by atoms with van der Waals surface area (Å²) in [6.07, 6.45) is 6.59. The van der Waals surface area contributed by atoms with Crippen LogP contribution in [0.4, 0.5) is 0 Å². The van der Waals surface area contributed by atoms with Gasteiger partial charge in [0.05, 0.1) is 11.6 Å². The lowest BCUT2D eigenvalue weighted by Crippen LogP contribution is -2.41. The maximum absolute atomic E-state index is 12.9. The Kier molecular flexibility index (Phi) is 4.40. The predicted molar refractivity (Wildman–Crippen MR) is 95.6 cm³/mol. The molecule has 2 fully saturated rings. The Balaban J connectivity index is 1.41. The van der Waals surface area contributed by atoms with Crippen molar-refractivity contribution in [1.29, 1.82) is 0 Å². The number of primary amides is 1. The van der Waals surface area contributed by atoms with Crippen LogP contribution in [0.15, 0.2) is 24.7 Å². The van der Waals surface area contributed by atoms with Crippen LogP contribution in [0.5, 0.6) is 0 Å². The third-order valence-corrected chi connectivity index (χ3v) is 5.62. The molecule has 4 heterocycles. The molecule has 0 bridgehead atoms. The van der Waals surface area contributed by atoms with E-state index in [2.05, 4.69) is 4.98 Å². The maximum atomic E-state index is 12.9. The Hall–Kier alpha value is -2.41. The number of nitrogens with two attached hydrogens (primary N) is 1. The van der Waals surface area contributed by atoms with Gasteiger partial charge in [-0.2, -0.15) is 0 Å². The number of carbonyl (C=O) groups excluding carboxylic acids is 2. The molecule has 26 heavy (non-hydrogen) atoms. The average molecular weight is 356 g/mol. The highest BCUT2D eigenvalue weighted by Gasteiger charge is 2.36. The molecule has 7 nitrogen and oxygen atoms in total. The summed E-state index contributed by atoms with van der Waals surface area (Å²) in [6.45, 7) is 3.39. The fourth-order valence-corrected chi connectivity index (χ4v) is 4.10. The van der Waals surface area contributed by atoms with E-state index in [-0.39, 0.29) is 17.9 Å². The number of hydrogen-bond acceptors (Lipinski definition) is 4. The van der Waals surface area contributed by atoms with Gasteiger partial charge >= 0.3 is 0 Å². The molecule has 2 aromatic heterocycles. The molecule has 2 amide bonds. The molecule has 0 aromatic carbocycles. The number of fused-ring (bicyclic) bond motifs is 1. The van der Waals surface area contributed by atoms with Gasteiger partial charge in [-0.3, -0.25) is 9.59 Å². The van der Waals surface area contributed by atoms with Gasteiger partial charge in [0.25, 0.3) is 5.91 Å². The van der Waals surface area contributed by atoms with Crippen molar-refractivity contribution in [3.8, 4) is 0 Å². The SMILES string of the molecule is Cc1ccn2cnc(C(=O)N3CCC([C@@H]4CC[C@H](C(N)=O)O4)CC3)c2c1. The van der Waals surface area contributed by atoms with Crippen LogP contribution in [0.25, 0.3) is 5.52 Å². The van der Waals surface area contributed by atoms with E-state index in [0.29, 0.717) is 31.1 Å². The van der Waals surface area contributed by atoms with Crippen LogP contribution in [-0.4, -0.2) is 51.4 Å². The number of piperidine rings is 1. The van der Waals surface area contributed by atoms with E-state index in [4.69, 9.17) is 10.5 Å². The summed E-state index contributed by atoms with van der Waals surface area (Å²) in [6, 6.07) is 3.98. The van der Waals surface area contributed by atoms with Crippen LogP contribution < -0.4 is 5.73 Å². The van der Waals surface area contributed by atoms with Gasteiger partial charge in [0.15, 0.2) is 5.69 Å². The molecule has 0 spiro atoms. The number of nitrogens with zero attached hydrogens (tertiary/aromatic N) is 3. The largest absolute Gasteiger partial charge is 0.367 e. The molecule has 0 aliphatic carbocycles. The normalized spacial score (nSPS) is 24.3. The molecule has 2 atom stereocenters. The lowest BCUT2D eigenvalue weighted by Gasteiger charge is -2.34. The fraction of sp³-hybridized carbons (Fsp3) is 0.526. The van der Waals surface area contributed by atoms with Crippen molar-refractivity contribution in [3.63, 3.8) is 0 Å². The molecule has 7 heteroatoms. The van der Waals surface area contributed by atoms with E-state index in [1.807, 2.05) is 34.6 Å². The number of ether oxygens (including phenoxy) is 1. The average Bonchev–Trinajstić information content (AvgIpc) is 3.28. The Labute approximate surface area is 152 Å². The van der Waals surface area contributed by atoms with Gasteiger partial charge in [-0.25, -0.2) is 4.98 Å². The maximum Gasteiger partial charge on any atom is 0.274 e. The summed E-state index contributed by atoms with van der Waals surface area (Å²) in [4.78, 5) is 30.4. The van der Waals surface area contributed by atoms with E-state index in [1.165, 1.54) is 0 Å². The van der Waals surface area contributed by atoms with Crippen molar-refractivity contribution in [2.24, 2.45) is 11.7 Å². The number of rotatable bonds is 3. The first-order valence-electron chi connectivity index (χ1n) is 9.20. The van der Waals surface area contributed by atoms with Crippen molar-refractivity contribution in [2.75, 3.05) is 13.1 Å². The third-order valence-electron chi connectivity index (χ3n) is 5.62. The number of carbonyl (C=O) groups is 2. The molecule has 2 N–H and O–H groups in total. The number of likely N-dealkylation sites (tertiary alicyclic amines) is 1. The summed E-state index contributed by atoms with van der Waals surface area (Å²) >= 11 is 0. The monoisotopic (exact) mass is 356 g/mol. The Morgan fingerprint density at radius 3 is 2.69 bits per heavy atom. The first-order valence-corrected chi connectivity index (χ1v) is 9.20. The lowest BCUT2D eigenvalue weighted by atomic mass is 9.89. The van der Waals surface area contributed by atoms with Gasteiger partial charge in [0.1, 0.15) is 12.4 Å². The second-order valence-corrected chi connectivity index (χ2v) is 7.36. The van der Waals surface area contributed by atoms with Crippen molar-refractivity contribution in [2.45, 2.75) is 44.8 Å². The number of aryl methyl sites for hydroxylation is 1. The molecular formula is C19H24N4O3. The quantitative estimate of drug-likeness (QED) is 0.903. The smallest absolute Gasteiger partial charge is 0.274 e. The predicted octanol–water partition coefficient (Wildman–Crippen LogP) is 1.53. The van der Waals surface area contributed by atoms with Gasteiger partial charge in [-0.1, -0.05) is 0 Å². The van der Waals surface area contributed by atoms with Gasteiger partial charge < -0.3 is 19.8 Å². The number of amides is 2. The minimum absolute atomic E-state index is 0.0149. The van der Waals surface area contributed by atoms with Crippen molar-refractivity contribution in [3.05, 3.63) is 35.9 Å². The summed E-state index contributed by atoms with van der Waals surface area (Å²) in [5.41, 5.74) is 7.80. The Bertz CT molecular complexity index is 838. The van der Waals surface area contributed by atoms with Crippen molar-refractivity contribution < 1.29 is 14.3 Å². The van der Waals surface area contributed by atoms with Gasteiger partial charge in [0, 0.05) is 19.3 Å². The highest BCUT2D eigenvalue weighted by atomic mass is 16.5. The number of pyridine rings is 1. The molecule has 2 aliphatic rings. The standard InChI is InChI=1S/C19H24N4O3/c1-12-4-7-23-11-21-17(14(23)10-12)19(25)22-8-5-13(6-9-22)15-2-3-16(26-15)18(20)24/h4,7,10-11,13,15-16H,2-3,5-6,8-9H2,1H3,(H2,20,24)/t15-,16+/m0/s1. The molecule has 138 valence electrons. The van der Waals surface area contributed by atoms with Gasteiger partial charge in [-0.05, 0) is 56.2 Å². The first kappa shape index (κ1) is 17.0. The molecule has 0 saturated carbocycles. The lowest BCUT2D eigenvalue weighted by molar-refractivity contribution is -0.130. The molecule has 4 rings (SSSR count). The molecule has 2 aliphatic heterocycles. The van der Waals surface area contributed by atoms with Crippen LogP contribution in [0.3, 0.4) is 0 Å². The molecule has 0 radical (unpaired) electrons. The van der Waals surface area contributed by atoms with E-state index in [0.717, 1.165) is 30.3 Å². The number of hydrogen-bond donors (Lipinski definition) is 1. The highest BCUT2D eigenvalue weighted by Crippen LogP contribution is 2.32. The highest BCUT2D eigenvalue weighted by molar-refractivity contribution is 5.99. The van der Waals surface area contributed by atoms with Gasteiger partial charge in [0.2, 0.25) is 5.91 Å². The molecule has 2 aromatic rings. The van der Waals surface area contributed by atoms with Crippen LogP contribution >= 0.6 is 0 Å². The Morgan fingerprint density at radius 1 is 1.23 bits per heavy atom. The van der Waals surface area contributed by atoms with Crippen LogP contribution in [0, 0.1) is 12.8 Å². The van der Waals surface area contributed by atoms with E-state index in [1.54, 1.807) is 6.33 Å². The second-order valence-electron chi connectivity index (χ2n) is 7.36. The zero-order valence-electron chi connectivity index (χ0n) is 14.9. The van der Waals surface area contributed by atoms with E-state index < -0.39 is 6.10 Å². The minimum Gasteiger partial charge on any atom is -0.367 e. The fourth-order valence-electron chi connectivity index (χ4n) is 4.10. The third kappa shape index (κ3) is 3.07. The summed E-state index contributed by atoms with van der Waals surface area (Å²) in [7, 11) is 0.